The minimum Gasteiger partial charge on any atom is -0.485 e. The number of nitrogens with zero attached hydrogens (tertiary/aromatic N) is 1. The topological polar surface area (TPSA) is 54.7 Å². The normalized spacial score (nSPS) is 10.6. The molecule has 5 nitrogen and oxygen atoms in total. The maximum absolute atomic E-state index is 12.5. The molecule has 0 aliphatic heterocycles. The predicted molar refractivity (Wildman–Crippen MR) is 117 cm³/mol. The zero-order valence-electron chi connectivity index (χ0n) is 17.5. The molecule has 2 aromatic carbocycles. The van der Waals surface area contributed by atoms with E-state index in [9.17, 15) is 4.79 Å². The minimum atomic E-state index is -0.279. The Morgan fingerprint density at radius 1 is 1.00 bits per heavy atom. The van der Waals surface area contributed by atoms with E-state index in [0.717, 1.165) is 41.3 Å². The number of carbonyl (C=O) groups excluding carboxylic acids is 1. The maximum atomic E-state index is 12.5. The van der Waals surface area contributed by atoms with Gasteiger partial charge in [-0.15, -0.1) is 0 Å². The van der Waals surface area contributed by atoms with Gasteiger partial charge in [0.05, 0.1) is 0 Å². The van der Waals surface area contributed by atoms with E-state index in [4.69, 9.17) is 9.15 Å². The molecule has 0 atom stereocenters. The van der Waals surface area contributed by atoms with Crippen LogP contribution in [-0.2, 0) is 6.61 Å². The summed E-state index contributed by atoms with van der Waals surface area (Å²) in [5.41, 5.74) is 4.07. The third-order valence-corrected chi connectivity index (χ3v) is 4.85. The van der Waals surface area contributed by atoms with Gasteiger partial charge in [-0.25, -0.2) is 0 Å². The van der Waals surface area contributed by atoms with Crippen LogP contribution < -0.4 is 15.0 Å². The highest BCUT2D eigenvalue weighted by atomic mass is 16.5. The molecule has 1 heterocycles. The fourth-order valence-electron chi connectivity index (χ4n) is 3.13. The number of benzene rings is 2. The lowest BCUT2D eigenvalue weighted by Crippen LogP contribution is -2.21. The Balaban J connectivity index is 1.59. The largest absolute Gasteiger partial charge is 0.485 e. The summed E-state index contributed by atoms with van der Waals surface area (Å²) in [5.74, 6) is 1.41. The third-order valence-electron chi connectivity index (χ3n) is 4.85. The summed E-state index contributed by atoms with van der Waals surface area (Å²) in [6.45, 7) is 10.4. The second-order valence-corrected chi connectivity index (χ2v) is 7.00. The molecule has 0 aliphatic rings. The molecule has 5 heteroatoms. The molecule has 0 fully saturated rings. The number of furan rings is 1. The molecule has 0 aliphatic carbocycles. The van der Waals surface area contributed by atoms with Crippen molar-refractivity contribution in [2.75, 3.05) is 23.3 Å². The Morgan fingerprint density at radius 3 is 2.41 bits per heavy atom. The molecule has 29 heavy (non-hydrogen) atoms. The Hall–Kier alpha value is -3.21. The van der Waals surface area contributed by atoms with Crippen LogP contribution >= 0.6 is 0 Å². The first-order valence-electron chi connectivity index (χ1n) is 9.95. The van der Waals surface area contributed by atoms with Crippen LogP contribution in [0.1, 0.15) is 41.3 Å². The zero-order chi connectivity index (χ0) is 20.8. The number of hydrogen-bond acceptors (Lipinski definition) is 4. The average molecular weight is 392 g/mol. The molecule has 0 spiro atoms. The van der Waals surface area contributed by atoms with Gasteiger partial charge in [0.2, 0.25) is 0 Å². The second-order valence-electron chi connectivity index (χ2n) is 7.00. The highest BCUT2D eigenvalue weighted by Crippen LogP contribution is 2.22. The van der Waals surface area contributed by atoms with Crippen molar-refractivity contribution in [3.8, 4) is 5.75 Å². The van der Waals surface area contributed by atoms with Crippen LogP contribution in [0.2, 0.25) is 0 Å². The number of amides is 1. The number of hydrogen-bond donors (Lipinski definition) is 1. The van der Waals surface area contributed by atoms with Crippen molar-refractivity contribution in [1.29, 1.82) is 0 Å². The summed E-state index contributed by atoms with van der Waals surface area (Å²) in [7, 11) is 0. The van der Waals surface area contributed by atoms with Crippen LogP contribution in [0.4, 0.5) is 11.4 Å². The van der Waals surface area contributed by atoms with Gasteiger partial charge in [-0.3, -0.25) is 4.79 Å². The summed E-state index contributed by atoms with van der Waals surface area (Å²) in [6.07, 6.45) is 0. The molecule has 0 saturated heterocycles. The molecule has 1 N–H and O–H groups in total. The van der Waals surface area contributed by atoms with Crippen LogP contribution in [0.5, 0.6) is 5.75 Å². The number of rotatable bonds is 8. The SMILES string of the molecule is CCN(CC)c1ccc(NC(=O)c2ccc(COc3cc(C)ccc3C)o2)cc1. The van der Waals surface area contributed by atoms with E-state index in [-0.39, 0.29) is 18.3 Å². The van der Waals surface area contributed by atoms with Crippen LogP contribution in [0.25, 0.3) is 0 Å². The fraction of sp³-hybridized carbons (Fsp3) is 0.292. The van der Waals surface area contributed by atoms with Crippen LogP contribution in [-0.4, -0.2) is 19.0 Å². The minimum absolute atomic E-state index is 0.261. The van der Waals surface area contributed by atoms with Crippen LogP contribution in [0.3, 0.4) is 0 Å². The number of anilines is 2. The molecular weight excluding hydrogens is 364 g/mol. The molecule has 0 saturated carbocycles. The quantitative estimate of drug-likeness (QED) is 0.544. The van der Waals surface area contributed by atoms with Gasteiger partial charge >= 0.3 is 0 Å². The lowest BCUT2D eigenvalue weighted by atomic mass is 10.1. The van der Waals surface area contributed by atoms with Crippen molar-refractivity contribution in [3.63, 3.8) is 0 Å². The van der Waals surface area contributed by atoms with E-state index in [1.807, 2.05) is 56.3 Å². The maximum Gasteiger partial charge on any atom is 0.291 e. The van der Waals surface area contributed by atoms with Crippen molar-refractivity contribution in [2.24, 2.45) is 0 Å². The molecular formula is C24H28N2O3. The molecule has 0 radical (unpaired) electrons. The van der Waals surface area contributed by atoms with Crippen LogP contribution in [0.15, 0.2) is 59.0 Å². The van der Waals surface area contributed by atoms with E-state index in [1.54, 1.807) is 12.1 Å². The Bertz CT molecular complexity index is 957. The van der Waals surface area contributed by atoms with Gasteiger partial charge < -0.3 is 19.4 Å². The Kier molecular flexibility index (Phi) is 6.60. The Labute approximate surface area is 172 Å². The van der Waals surface area contributed by atoms with E-state index >= 15 is 0 Å². The molecule has 1 amide bonds. The summed E-state index contributed by atoms with van der Waals surface area (Å²) < 4.78 is 11.5. The molecule has 1 aromatic heterocycles. The average Bonchev–Trinajstić information content (AvgIpc) is 3.20. The highest BCUT2D eigenvalue weighted by molar-refractivity contribution is 6.02. The fourth-order valence-corrected chi connectivity index (χ4v) is 3.13. The van der Waals surface area contributed by atoms with Crippen molar-refractivity contribution >= 4 is 17.3 Å². The summed E-state index contributed by atoms with van der Waals surface area (Å²) in [4.78, 5) is 14.7. The number of aryl methyl sites for hydroxylation is 2. The molecule has 0 unspecified atom stereocenters. The summed E-state index contributed by atoms with van der Waals surface area (Å²) in [6, 6.07) is 17.3. The molecule has 152 valence electrons. The van der Waals surface area contributed by atoms with E-state index in [0.29, 0.717) is 5.76 Å². The van der Waals surface area contributed by atoms with Gasteiger partial charge in [0.15, 0.2) is 5.76 Å². The van der Waals surface area contributed by atoms with Crippen LogP contribution in [0, 0.1) is 13.8 Å². The van der Waals surface area contributed by atoms with Gasteiger partial charge in [-0.05, 0) is 81.3 Å². The second kappa shape index (κ2) is 9.32. The lowest BCUT2D eigenvalue weighted by molar-refractivity contribution is 0.0992. The number of ether oxygens (including phenoxy) is 1. The smallest absolute Gasteiger partial charge is 0.291 e. The standard InChI is InChI=1S/C24H28N2O3/c1-5-26(6-2)20-11-9-19(10-12-20)25-24(27)22-14-13-21(29-22)16-28-23-15-17(3)7-8-18(23)4/h7-15H,5-6,16H2,1-4H3,(H,25,27). The van der Waals surface area contributed by atoms with Crippen molar-refractivity contribution in [2.45, 2.75) is 34.3 Å². The first-order chi connectivity index (χ1) is 14.0. The molecule has 3 rings (SSSR count). The van der Waals surface area contributed by atoms with Crippen molar-refractivity contribution < 1.29 is 13.9 Å². The summed E-state index contributed by atoms with van der Waals surface area (Å²) in [5, 5.41) is 2.87. The zero-order valence-corrected chi connectivity index (χ0v) is 17.5. The monoisotopic (exact) mass is 392 g/mol. The van der Waals surface area contributed by atoms with E-state index < -0.39 is 0 Å². The van der Waals surface area contributed by atoms with E-state index in [2.05, 4.69) is 24.1 Å². The summed E-state index contributed by atoms with van der Waals surface area (Å²) >= 11 is 0. The van der Waals surface area contributed by atoms with Crippen molar-refractivity contribution in [3.05, 3.63) is 77.2 Å². The number of nitrogens with one attached hydrogen (secondary N) is 1. The van der Waals surface area contributed by atoms with Gasteiger partial charge in [0, 0.05) is 24.5 Å². The first-order valence-corrected chi connectivity index (χ1v) is 9.95. The van der Waals surface area contributed by atoms with Gasteiger partial charge in [0.25, 0.3) is 5.91 Å². The molecule has 3 aromatic rings. The molecule has 0 bridgehead atoms. The lowest BCUT2D eigenvalue weighted by Gasteiger charge is -2.21. The first kappa shape index (κ1) is 20.5. The van der Waals surface area contributed by atoms with Crippen molar-refractivity contribution in [1.82, 2.24) is 0 Å². The number of carbonyl (C=O) groups is 1. The third kappa shape index (κ3) is 5.19. The van der Waals surface area contributed by atoms with E-state index in [1.165, 1.54) is 0 Å². The van der Waals surface area contributed by atoms with Gasteiger partial charge in [-0.1, -0.05) is 12.1 Å². The predicted octanol–water partition coefficient (Wildman–Crippen LogP) is 5.57. The highest BCUT2D eigenvalue weighted by Gasteiger charge is 2.13. The van der Waals surface area contributed by atoms with Gasteiger partial charge in [0.1, 0.15) is 18.1 Å². The van der Waals surface area contributed by atoms with Gasteiger partial charge in [-0.2, -0.15) is 0 Å². The Morgan fingerprint density at radius 2 is 1.72 bits per heavy atom.